The van der Waals surface area contributed by atoms with E-state index in [1.54, 1.807) is 0 Å². The molecule has 2 amide bonds. The topological polar surface area (TPSA) is 70.2 Å². The highest BCUT2D eigenvalue weighted by molar-refractivity contribution is 5.82. The molecule has 5 nitrogen and oxygen atoms in total. The van der Waals surface area contributed by atoms with Gasteiger partial charge in [-0.05, 0) is 51.1 Å². The van der Waals surface area contributed by atoms with Gasteiger partial charge in [-0.2, -0.15) is 0 Å². The largest absolute Gasteiger partial charge is 0.351 e. The summed E-state index contributed by atoms with van der Waals surface area (Å²) < 4.78 is 0. The van der Waals surface area contributed by atoms with Gasteiger partial charge >= 0.3 is 0 Å². The van der Waals surface area contributed by atoms with Gasteiger partial charge in [-0.3, -0.25) is 9.59 Å². The Balaban J connectivity index is 1.64. The van der Waals surface area contributed by atoms with Crippen molar-refractivity contribution in [1.29, 1.82) is 0 Å². The van der Waals surface area contributed by atoms with Crippen LogP contribution >= 0.6 is 0 Å². The van der Waals surface area contributed by atoms with Crippen LogP contribution in [0.3, 0.4) is 0 Å². The second kappa shape index (κ2) is 5.49. The highest BCUT2D eigenvalue weighted by Gasteiger charge is 2.38. The van der Waals surface area contributed by atoms with Crippen molar-refractivity contribution in [3.8, 4) is 0 Å². The summed E-state index contributed by atoms with van der Waals surface area (Å²) in [4.78, 5) is 23.6. The zero-order valence-corrected chi connectivity index (χ0v) is 11.3. The number of amides is 2. The Labute approximate surface area is 113 Å². The summed E-state index contributed by atoms with van der Waals surface area (Å²) in [6, 6.07) is 0.264. The van der Waals surface area contributed by atoms with Crippen LogP contribution in [-0.2, 0) is 9.59 Å². The number of piperidine rings is 2. The predicted molar refractivity (Wildman–Crippen MR) is 71.4 cm³/mol. The standard InChI is InChI=1S/C14H23N3O2/c18-12-4-3-11(16-14(19)10-1-2-10)13(17-12)9-5-7-15-8-6-9/h9-11,13,15H,1-8H2,(H,16,19)(H,17,18)/t11-,13+/m1/s1. The molecule has 106 valence electrons. The third-order valence-electron chi connectivity index (χ3n) is 4.61. The van der Waals surface area contributed by atoms with Gasteiger partial charge in [-0.1, -0.05) is 0 Å². The van der Waals surface area contributed by atoms with Crippen LogP contribution in [0.2, 0.25) is 0 Å². The summed E-state index contributed by atoms with van der Waals surface area (Å²) in [5.41, 5.74) is 0. The van der Waals surface area contributed by atoms with Crippen molar-refractivity contribution in [1.82, 2.24) is 16.0 Å². The second-order valence-electron chi connectivity index (χ2n) is 6.11. The van der Waals surface area contributed by atoms with E-state index >= 15 is 0 Å². The van der Waals surface area contributed by atoms with E-state index < -0.39 is 0 Å². The van der Waals surface area contributed by atoms with Gasteiger partial charge in [0, 0.05) is 18.4 Å². The van der Waals surface area contributed by atoms with Crippen LogP contribution in [0.4, 0.5) is 0 Å². The molecular formula is C14H23N3O2. The third-order valence-corrected chi connectivity index (χ3v) is 4.61. The number of hydrogen-bond donors (Lipinski definition) is 3. The zero-order valence-electron chi connectivity index (χ0n) is 11.3. The fourth-order valence-electron chi connectivity index (χ4n) is 3.28. The molecule has 3 rings (SSSR count). The first-order chi connectivity index (χ1) is 9.24. The molecule has 3 aliphatic rings. The van der Waals surface area contributed by atoms with E-state index in [0.717, 1.165) is 45.2 Å². The van der Waals surface area contributed by atoms with Crippen molar-refractivity contribution in [3.63, 3.8) is 0 Å². The van der Waals surface area contributed by atoms with E-state index in [-0.39, 0.29) is 29.8 Å². The van der Waals surface area contributed by atoms with Gasteiger partial charge in [0.05, 0.1) is 6.04 Å². The van der Waals surface area contributed by atoms with Gasteiger partial charge in [-0.25, -0.2) is 0 Å². The van der Waals surface area contributed by atoms with Crippen LogP contribution < -0.4 is 16.0 Å². The highest BCUT2D eigenvalue weighted by Crippen LogP contribution is 2.30. The first-order valence-electron chi connectivity index (χ1n) is 7.54. The van der Waals surface area contributed by atoms with Crippen molar-refractivity contribution in [2.24, 2.45) is 11.8 Å². The van der Waals surface area contributed by atoms with Gasteiger partial charge in [0.2, 0.25) is 11.8 Å². The van der Waals surface area contributed by atoms with Gasteiger partial charge in [0.1, 0.15) is 0 Å². The summed E-state index contributed by atoms with van der Waals surface area (Å²) >= 11 is 0. The molecule has 3 N–H and O–H groups in total. The zero-order chi connectivity index (χ0) is 13.2. The molecule has 0 unspecified atom stereocenters. The molecule has 5 heteroatoms. The van der Waals surface area contributed by atoms with E-state index in [2.05, 4.69) is 16.0 Å². The minimum Gasteiger partial charge on any atom is -0.351 e. The molecule has 19 heavy (non-hydrogen) atoms. The van der Waals surface area contributed by atoms with E-state index in [4.69, 9.17) is 0 Å². The van der Waals surface area contributed by atoms with E-state index in [9.17, 15) is 9.59 Å². The van der Waals surface area contributed by atoms with E-state index in [1.807, 2.05) is 0 Å². The molecule has 0 aromatic rings. The van der Waals surface area contributed by atoms with Crippen molar-refractivity contribution in [2.75, 3.05) is 13.1 Å². The lowest BCUT2D eigenvalue weighted by Gasteiger charge is -2.39. The monoisotopic (exact) mass is 265 g/mol. The van der Waals surface area contributed by atoms with Crippen LogP contribution in [0.1, 0.15) is 38.5 Å². The number of carbonyl (C=O) groups is 2. The third kappa shape index (κ3) is 3.08. The normalized spacial score (nSPS) is 32.7. The van der Waals surface area contributed by atoms with Gasteiger partial charge in [0.15, 0.2) is 0 Å². The summed E-state index contributed by atoms with van der Waals surface area (Å²) in [6.07, 6.45) is 5.56. The molecule has 0 radical (unpaired) electrons. The van der Waals surface area contributed by atoms with Crippen LogP contribution in [0.15, 0.2) is 0 Å². The van der Waals surface area contributed by atoms with Crippen LogP contribution in [0.5, 0.6) is 0 Å². The van der Waals surface area contributed by atoms with Crippen LogP contribution in [0.25, 0.3) is 0 Å². The maximum Gasteiger partial charge on any atom is 0.223 e. The maximum absolute atomic E-state index is 11.9. The first-order valence-corrected chi connectivity index (χ1v) is 7.54. The molecule has 1 saturated carbocycles. The van der Waals surface area contributed by atoms with Gasteiger partial charge in [-0.15, -0.1) is 0 Å². The SMILES string of the molecule is O=C1CC[C@@H](NC(=O)C2CC2)[C@H](C2CCNCC2)N1. The van der Waals surface area contributed by atoms with Crippen molar-refractivity contribution >= 4 is 11.8 Å². The molecule has 2 atom stereocenters. The second-order valence-corrected chi connectivity index (χ2v) is 6.11. The molecule has 2 saturated heterocycles. The van der Waals surface area contributed by atoms with E-state index in [1.165, 1.54) is 0 Å². The van der Waals surface area contributed by atoms with Gasteiger partial charge < -0.3 is 16.0 Å². The molecule has 0 bridgehead atoms. The van der Waals surface area contributed by atoms with Crippen molar-refractivity contribution in [3.05, 3.63) is 0 Å². The maximum atomic E-state index is 11.9. The lowest BCUT2D eigenvalue weighted by atomic mass is 9.82. The molecule has 0 aromatic heterocycles. The molecule has 1 aliphatic carbocycles. The highest BCUT2D eigenvalue weighted by atomic mass is 16.2. The number of carbonyl (C=O) groups excluding carboxylic acids is 2. The summed E-state index contributed by atoms with van der Waals surface area (Å²) in [5.74, 6) is 1.07. The Morgan fingerprint density at radius 3 is 2.53 bits per heavy atom. The van der Waals surface area contributed by atoms with Crippen molar-refractivity contribution in [2.45, 2.75) is 50.6 Å². The number of rotatable bonds is 3. The fourth-order valence-corrected chi connectivity index (χ4v) is 3.28. The lowest BCUT2D eigenvalue weighted by Crippen LogP contribution is -2.59. The Hall–Kier alpha value is -1.10. The Morgan fingerprint density at radius 2 is 1.84 bits per heavy atom. The quantitative estimate of drug-likeness (QED) is 0.681. The van der Waals surface area contributed by atoms with E-state index in [0.29, 0.717) is 12.3 Å². The first kappa shape index (κ1) is 12.9. The summed E-state index contributed by atoms with van der Waals surface area (Å²) in [5, 5.41) is 9.64. The predicted octanol–water partition coefficient (Wildman–Crippen LogP) is 0.159. The minimum absolute atomic E-state index is 0.131. The van der Waals surface area contributed by atoms with Crippen LogP contribution in [0, 0.1) is 11.8 Å². The average molecular weight is 265 g/mol. The summed E-state index contributed by atoms with van der Waals surface area (Å²) in [6.45, 7) is 2.03. The Kier molecular flexibility index (Phi) is 3.73. The fraction of sp³-hybridized carbons (Fsp3) is 0.857. The van der Waals surface area contributed by atoms with Gasteiger partial charge in [0.25, 0.3) is 0 Å². The number of nitrogens with one attached hydrogen (secondary N) is 3. The smallest absolute Gasteiger partial charge is 0.223 e. The molecular weight excluding hydrogens is 242 g/mol. The Bertz CT molecular complexity index is 362. The molecule has 3 fully saturated rings. The number of hydrogen-bond acceptors (Lipinski definition) is 3. The molecule has 0 spiro atoms. The molecule has 0 aromatic carbocycles. The molecule has 2 aliphatic heterocycles. The van der Waals surface area contributed by atoms with Crippen LogP contribution in [-0.4, -0.2) is 37.0 Å². The summed E-state index contributed by atoms with van der Waals surface area (Å²) in [7, 11) is 0. The van der Waals surface area contributed by atoms with Crippen molar-refractivity contribution < 1.29 is 9.59 Å². The average Bonchev–Trinajstić information content (AvgIpc) is 3.26. The molecule has 2 heterocycles. The Morgan fingerprint density at radius 1 is 1.11 bits per heavy atom. The lowest BCUT2D eigenvalue weighted by molar-refractivity contribution is -0.128. The minimum atomic E-state index is 0.131.